The molecule has 2 heterocycles. The van der Waals surface area contributed by atoms with Gasteiger partial charge in [-0.25, -0.2) is 23.4 Å². The molecule has 12 heteroatoms. The number of likely N-dealkylation sites (tertiary alicyclic amines) is 1. The number of rotatable bonds is 9. The van der Waals surface area contributed by atoms with Gasteiger partial charge in [-0.1, -0.05) is 18.2 Å². The van der Waals surface area contributed by atoms with Gasteiger partial charge in [0.2, 0.25) is 15.9 Å². The summed E-state index contributed by atoms with van der Waals surface area (Å²) in [6.07, 6.45) is -1.33. The van der Waals surface area contributed by atoms with Gasteiger partial charge in [0.25, 0.3) is 0 Å². The molecule has 2 aromatic carbocycles. The largest absolute Gasteiger partial charge is 0.489 e. The van der Waals surface area contributed by atoms with E-state index in [1.807, 2.05) is 37.3 Å². The van der Waals surface area contributed by atoms with Gasteiger partial charge >= 0.3 is 6.09 Å². The summed E-state index contributed by atoms with van der Waals surface area (Å²) in [5.41, 5.74) is 2.91. The molecule has 2 amide bonds. The van der Waals surface area contributed by atoms with E-state index < -0.39 is 27.6 Å². The molecule has 3 aromatic rings. The predicted molar refractivity (Wildman–Crippen MR) is 138 cm³/mol. The first-order chi connectivity index (χ1) is 18.0. The summed E-state index contributed by atoms with van der Waals surface area (Å²) in [6.45, 7) is 5.39. The van der Waals surface area contributed by atoms with E-state index in [4.69, 9.17) is 14.7 Å². The van der Waals surface area contributed by atoms with Crippen molar-refractivity contribution >= 4 is 32.9 Å². The van der Waals surface area contributed by atoms with Crippen LogP contribution in [0.1, 0.15) is 31.5 Å². The lowest BCUT2D eigenvalue weighted by atomic mass is 9.87. The fourth-order valence-electron chi connectivity index (χ4n) is 4.38. The van der Waals surface area contributed by atoms with E-state index in [9.17, 15) is 18.0 Å². The van der Waals surface area contributed by atoms with E-state index in [1.54, 1.807) is 26.0 Å². The van der Waals surface area contributed by atoms with Gasteiger partial charge < -0.3 is 14.4 Å². The molecule has 1 fully saturated rings. The Labute approximate surface area is 220 Å². The molecule has 0 bridgehead atoms. The number of amides is 2. The monoisotopic (exact) mass is 542 g/mol. The number of carbonyl (C=O) groups is 2. The van der Waals surface area contributed by atoms with Gasteiger partial charge in [-0.3, -0.25) is 15.0 Å². The van der Waals surface area contributed by atoms with E-state index >= 15 is 0 Å². The molecule has 38 heavy (non-hydrogen) atoms. The normalized spacial score (nSPS) is 14.7. The Morgan fingerprint density at radius 2 is 1.82 bits per heavy atom. The predicted octanol–water partition coefficient (Wildman–Crippen LogP) is 2.90. The number of nitrogens with one attached hydrogen (secondary N) is 2. The first-order valence-corrected chi connectivity index (χ1v) is 13.5. The summed E-state index contributed by atoms with van der Waals surface area (Å²) < 4.78 is 39.9. The van der Waals surface area contributed by atoms with Crippen molar-refractivity contribution in [3.63, 3.8) is 0 Å². The number of benzene rings is 2. The van der Waals surface area contributed by atoms with Crippen LogP contribution in [0.15, 0.2) is 59.5 Å². The highest BCUT2D eigenvalue weighted by Gasteiger charge is 2.50. The van der Waals surface area contributed by atoms with Crippen LogP contribution in [0.4, 0.5) is 4.79 Å². The van der Waals surface area contributed by atoms with Crippen molar-refractivity contribution in [2.24, 2.45) is 0 Å². The lowest BCUT2D eigenvalue weighted by Gasteiger charge is -2.49. The van der Waals surface area contributed by atoms with Gasteiger partial charge in [-0.05, 0) is 57.2 Å². The number of fused-ring (bicyclic) bond motifs is 1. The van der Waals surface area contributed by atoms with Crippen LogP contribution < -0.4 is 14.9 Å². The Balaban J connectivity index is 1.45. The number of carbonyl (C=O) groups excluding carboxylic acids is 2. The summed E-state index contributed by atoms with van der Waals surface area (Å²) in [5, 5.41) is 9.94. The minimum absolute atomic E-state index is 0.0398. The molecule has 1 aliphatic rings. The van der Waals surface area contributed by atoms with E-state index in [0.29, 0.717) is 5.75 Å². The van der Waals surface area contributed by atoms with E-state index in [-0.39, 0.29) is 37.1 Å². The van der Waals surface area contributed by atoms with E-state index in [2.05, 4.69) is 9.71 Å². The number of nitrogens with zero attached hydrogens (tertiary/aromatic N) is 2. The van der Waals surface area contributed by atoms with Crippen LogP contribution >= 0.6 is 0 Å². The molecular formula is C26H30N4O7S. The molecule has 0 radical (unpaired) electrons. The van der Waals surface area contributed by atoms with Crippen molar-refractivity contribution in [2.45, 2.75) is 50.3 Å². The quantitative estimate of drug-likeness (QED) is 0.276. The minimum atomic E-state index is -4.08. The van der Waals surface area contributed by atoms with E-state index in [1.165, 1.54) is 22.5 Å². The van der Waals surface area contributed by atoms with Crippen LogP contribution in [-0.4, -0.2) is 60.2 Å². The SMILES string of the molecule is Cc1cc(COc2ccc(S(=O)(=O)NC3(CC(=O)NO)CN(C(=O)OC(C)C)C3)cc2)c2ccccc2n1. The topological polar surface area (TPSA) is 147 Å². The Morgan fingerprint density at radius 1 is 1.13 bits per heavy atom. The van der Waals surface area contributed by atoms with Gasteiger partial charge in [0.1, 0.15) is 12.4 Å². The third kappa shape index (κ3) is 6.21. The van der Waals surface area contributed by atoms with Crippen LogP contribution in [0.2, 0.25) is 0 Å². The third-order valence-electron chi connectivity index (χ3n) is 6.01. The number of para-hydroxylation sites is 1. The molecule has 0 spiro atoms. The molecule has 1 saturated heterocycles. The van der Waals surface area contributed by atoms with Crippen LogP contribution in [-0.2, 0) is 26.2 Å². The second-order valence-corrected chi connectivity index (χ2v) is 11.3. The summed E-state index contributed by atoms with van der Waals surface area (Å²) in [7, 11) is -4.08. The van der Waals surface area contributed by atoms with Gasteiger partial charge in [-0.15, -0.1) is 0 Å². The number of hydrogen-bond acceptors (Lipinski definition) is 8. The smallest absolute Gasteiger partial charge is 0.410 e. The van der Waals surface area contributed by atoms with Crippen molar-refractivity contribution < 1.29 is 32.7 Å². The van der Waals surface area contributed by atoms with E-state index in [0.717, 1.165) is 22.2 Å². The molecule has 4 rings (SSSR count). The molecule has 0 atom stereocenters. The van der Waals surface area contributed by atoms with Crippen LogP contribution in [0.5, 0.6) is 5.75 Å². The average Bonchev–Trinajstić information content (AvgIpc) is 2.84. The zero-order valence-corrected chi connectivity index (χ0v) is 22.1. The van der Waals surface area contributed by atoms with Crippen molar-refractivity contribution in [1.82, 2.24) is 20.1 Å². The fraction of sp³-hybridized carbons (Fsp3) is 0.346. The highest BCUT2D eigenvalue weighted by Crippen LogP contribution is 2.29. The first kappa shape index (κ1) is 27.3. The number of aromatic nitrogens is 1. The maximum absolute atomic E-state index is 13.2. The second kappa shape index (κ2) is 10.9. The highest BCUT2D eigenvalue weighted by molar-refractivity contribution is 7.89. The lowest BCUT2D eigenvalue weighted by Crippen LogP contribution is -2.72. The molecule has 0 unspecified atom stereocenters. The standard InChI is InChI=1S/C26H30N4O7S/c1-17(2)37-25(32)30-15-26(16-30,13-24(31)28-33)29-38(34,35)21-10-8-20(9-11-21)36-14-19-12-18(3)27-23-7-5-4-6-22(19)23/h4-12,17,29,33H,13-16H2,1-3H3,(H,28,31). The minimum Gasteiger partial charge on any atom is -0.489 e. The zero-order valence-electron chi connectivity index (χ0n) is 21.3. The Kier molecular flexibility index (Phi) is 7.86. The molecule has 0 aliphatic carbocycles. The molecule has 11 nitrogen and oxygen atoms in total. The van der Waals surface area contributed by atoms with Gasteiger partial charge in [-0.2, -0.15) is 0 Å². The Hall–Kier alpha value is -3.74. The molecular weight excluding hydrogens is 512 g/mol. The first-order valence-electron chi connectivity index (χ1n) is 12.0. The van der Waals surface area contributed by atoms with Crippen LogP contribution in [0, 0.1) is 6.92 Å². The molecule has 202 valence electrons. The van der Waals surface area contributed by atoms with Crippen molar-refractivity contribution in [2.75, 3.05) is 13.1 Å². The van der Waals surface area contributed by atoms with Crippen molar-refractivity contribution in [3.05, 3.63) is 65.9 Å². The molecule has 1 aromatic heterocycles. The third-order valence-corrected chi connectivity index (χ3v) is 7.61. The highest BCUT2D eigenvalue weighted by atomic mass is 32.2. The summed E-state index contributed by atoms with van der Waals surface area (Å²) in [5.74, 6) is -0.310. The summed E-state index contributed by atoms with van der Waals surface area (Å²) in [4.78, 5) is 29.8. The van der Waals surface area contributed by atoms with Crippen LogP contribution in [0.3, 0.4) is 0 Å². The van der Waals surface area contributed by atoms with Crippen molar-refractivity contribution in [3.8, 4) is 5.75 Å². The molecule has 3 N–H and O–H groups in total. The number of hydrogen-bond donors (Lipinski definition) is 3. The van der Waals surface area contributed by atoms with Crippen LogP contribution in [0.25, 0.3) is 10.9 Å². The van der Waals surface area contributed by atoms with Gasteiger partial charge in [0.05, 0.1) is 28.5 Å². The average molecular weight is 543 g/mol. The maximum atomic E-state index is 13.2. The molecule has 1 aliphatic heterocycles. The van der Waals surface area contributed by atoms with Gasteiger partial charge in [0, 0.05) is 29.7 Å². The fourth-order valence-corrected chi connectivity index (χ4v) is 5.77. The Bertz CT molecular complexity index is 1440. The number of pyridine rings is 1. The maximum Gasteiger partial charge on any atom is 0.410 e. The zero-order chi connectivity index (χ0) is 27.5. The molecule has 0 saturated carbocycles. The second-order valence-electron chi connectivity index (χ2n) is 9.59. The summed E-state index contributed by atoms with van der Waals surface area (Å²) in [6, 6.07) is 15.6. The lowest BCUT2D eigenvalue weighted by molar-refractivity contribution is -0.132. The number of sulfonamides is 1. The van der Waals surface area contributed by atoms with Gasteiger partial charge in [0.15, 0.2) is 0 Å². The number of aryl methyl sites for hydroxylation is 1. The number of hydroxylamine groups is 1. The summed E-state index contributed by atoms with van der Waals surface area (Å²) >= 11 is 0. The van der Waals surface area contributed by atoms with Crippen molar-refractivity contribution in [1.29, 1.82) is 0 Å². The number of ether oxygens (including phenoxy) is 2. The Morgan fingerprint density at radius 3 is 2.47 bits per heavy atom.